The van der Waals surface area contributed by atoms with Crippen LogP contribution in [0.25, 0.3) is 0 Å². The van der Waals surface area contributed by atoms with E-state index in [1.807, 2.05) is 18.2 Å². The maximum Gasteiger partial charge on any atom is 0.149 e. The highest BCUT2D eigenvalue weighted by Gasteiger charge is 2.16. The summed E-state index contributed by atoms with van der Waals surface area (Å²) in [4.78, 5) is 0. The van der Waals surface area contributed by atoms with Crippen LogP contribution >= 0.6 is 15.9 Å². The van der Waals surface area contributed by atoms with E-state index in [1.54, 1.807) is 14.2 Å². The number of rotatable bonds is 5. The first-order valence-corrected chi connectivity index (χ1v) is 7.91. The number of methoxy groups -OCH3 is 1. The Hall–Kier alpha value is -0.590. The van der Waals surface area contributed by atoms with Crippen LogP contribution in [0.3, 0.4) is 0 Å². The van der Waals surface area contributed by atoms with E-state index in [2.05, 4.69) is 21.2 Å². The fourth-order valence-corrected chi connectivity index (χ4v) is 3.07. The van der Waals surface area contributed by atoms with Crippen molar-refractivity contribution in [3.8, 4) is 5.75 Å². The normalized spacial score (nSPS) is 13.4. The van der Waals surface area contributed by atoms with Crippen molar-refractivity contribution in [3.05, 3.63) is 28.2 Å². The highest BCUT2D eigenvalue weighted by molar-refractivity contribution is 9.10. The summed E-state index contributed by atoms with van der Waals surface area (Å²) >= 11 is 3.38. The maximum absolute atomic E-state index is 11.3. The van der Waals surface area contributed by atoms with E-state index < -0.39 is 9.84 Å². The number of nitrogens with one attached hydrogen (secondary N) is 1. The second kappa shape index (κ2) is 5.84. The molecule has 1 N–H and O–H groups in total. The van der Waals surface area contributed by atoms with E-state index in [1.165, 1.54) is 6.26 Å². The molecule has 1 rings (SSSR count). The molecule has 0 saturated carbocycles. The van der Waals surface area contributed by atoms with Gasteiger partial charge in [-0.25, -0.2) is 8.42 Å². The zero-order valence-corrected chi connectivity index (χ0v) is 12.4. The van der Waals surface area contributed by atoms with Gasteiger partial charge in [-0.1, -0.05) is 6.07 Å². The Morgan fingerprint density at radius 3 is 2.53 bits per heavy atom. The van der Waals surface area contributed by atoms with Crippen LogP contribution < -0.4 is 10.1 Å². The fourth-order valence-electron chi connectivity index (χ4n) is 1.55. The minimum Gasteiger partial charge on any atom is -0.496 e. The molecule has 6 heteroatoms. The summed E-state index contributed by atoms with van der Waals surface area (Å²) < 4.78 is 28.6. The van der Waals surface area contributed by atoms with Crippen LogP contribution in [0.5, 0.6) is 5.75 Å². The molecule has 1 aromatic carbocycles. The third-order valence-corrected chi connectivity index (χ3v) is 3.95. The minimum absolute atomic E-state index is 0.0717. The summed E-state index contributed by atoms with van der Waals surface area (Å²) in [6.45, 7) is 0. The third-order valence-electron chi connectivity index (χ3n) is 2.40. The lowest BCUT2D eigenvalue weighted by Gasteiger charge is -2.16. The van der Waals surface area contributed by atoms with E-state index in [0.717, 1.165) is 15.8 Å². The predicted octanol–water partition coefficient (Wildman–Crippen LogP) is 1.76. The topological polar surface area (TPSA) is 55.4 Å². The number of hydrogen-bond donors (Lipinski definition) is 1. The van der Waals surface area contributed by atoms with Crippen molar-refractivity contribution in [1.29, 1.82) is 0 Å². The lowest BCUT2D eigenvalue weighted by Crippen LogP contribution is -2.24. The van der Waals surface area contributed by atoms with Crippen LogP contribution in [0.1, 0.15) is 11.6 Å². The van der Waals surface area contributed by atoms with E-state index in [4.69, 9.17) is 4.74 Å². The lowest BCUT2D eigenvalue weighted by atomic mass is 10.1. The fraction of sp³-hybridized carbons (Fsp3) is 0.455. The molecule has 0 aromatic heterocycles. The summed E-state index contributed by atoms with van der Waals surface area (Å²) in [5.74, 6) is 0.797. The van der Waals surface area contributed by atoms with Gasteiger partial charge in [0.2, 0.25) is 0 Å². The molecule has 1 atom stereocenters. The van der Waals surface area contributed by atoms with Crippen LogP contribution in [0.4, 0.5) is 0 Å². The summed E-state index contributed by atoms with van der Waals surface area (Å²) in [6.07, 6.45) is 1.23. The number of hydrogen-bond acceptors (Lipinski definition) is 4. The van der Waals surface area contributed by atoms with Crippen LogP contribution in [-0.4, -0.2) is 34.6 Å². The maximum atomic E-state index is 11.3. The Balaban J connectivity index is 3.01. The molecule has 0 spiro atoms. The quantitative estimate of drug-likeness (QED) is 0.898. The molecule has 0 aliphatic rings. The van der Waals surface area contributed by atoms with Crippen molar-refractivity contribution in [1.82, 2.24) is 5.32 Å². The first-order chi connectivity index (χ1) is 7.87. The molecule has 4 nitrogen and oxygen atoms in total. The van der Waals surface area contributed by atoms with Crippen LogP contribution in [0.2, 0.25) is 0 Å². The average Bonchev–Trinajstić information content (AvgIpc) is 2.24. The smallest absolute Gasteiger partial charge is 0.149 e. The van der Waals surface area contributed by atoms with Gasteiger partial charge < -0.3 is 10.1 Å². The number of benzene rings is 1. The van der Waals surface area contributed by atoms with E-state index in [9.17, 15) is 8.42 Å². The predicted molar refractivity (Wildman–Crippen MR) is 72.2 cm³/mol. The van der Waals surface area contributed by atoms with E-state index in [0.29, 0.717) is 0 Å². The largest absolute Gasteiger partial charge is 0.496 e. The molecule has 0 aliphatic heterocycles. The van der Waals surface area contributed by atoms with Gasteiger partial charge in [0.1, 0.15) is 15.6 Å². The molecular weight excluding hydrogens is 306 g/mol. The van der Waals surface area contributed by atoms with Gasteiger partial charge in [-0.15, -0.1) is 0 Å². The van der Waals surface area contributed by atoms with E-state index >= 15 is 0 Å². The molecule has 1 aromatic rings. The molecule has 0 saturated heterocycles. The SMILES string of the molecule is CNC(CS(C)(=O)=O)c1ccc(OC)c(Br)c1. The second-order valence-corrected chi connectivity index (χ2v) is 6.87. The number of halogens is 1. The van der Waals surface area contributed by atoms with Crippen LogP contribution in [0.15, 0.2) is 22.7 Å². The van der Waals surface area contributed by atoms with Crippen molar-refractivity contribution < 1.29 is 13.2 Å². The molecule has 0 aliphatic carbocycles. The Kier molecular flexibility index (Phi) is 4.97. The van der Waals surface area contributed by atoms with Gasteiger partial charge >= 0.3 is 0 Å². The lowest BCUT2D eigenvalue weighted by molar-refractivity contribution is 0.411. The molecule has 0 radical (unpaired) electrons. The first kappa shape index (κ1) is 14.5. The Morgan fingerprint density at radius 1 is 1.47 bits per heavy atom. The van der Waals surface area contributed by atoms with Crippen LogP contribution in [-0.2, 0) is 9.84 Å². The first-order valence-electron chi connectivity index (χ1n) is 5.06. The van der Waals surface area contributed by atoms with Crippen molar-refractivity contribution in [2.45, 2.75) is 6.04 Å². The van der Waals surface area contributed by atoms with Crippen LogP contribution in [0, 0.1) is 0 Å². The summed E-state index contributed by atoms with van der Waals surface area (Å²) in [5, 5.41) is 3.00. The van der Waals surface area contributed by atoms with E-state index in [-0.39, 0.29) is 11.8 Å². The third kappa shape index (κ3) is 4.29. The minimum atomic E-state index is -3.02. The summed E-state index contributed by atoms with van der Waals surface area (Å²) in [5.41, 5.74) is 0.908. The molecule has 1 unspecified atom stereocenters. The van der Waals surface area contributed by atoms with Crippen molar-refractivity contribution in [2.24, 2.45) is 0 Å². The van der Waals surface area contributed by atoms with Crippen molar-refractivity contribution in [3.63, 3.8) is 0 Å². The van der Waals surface area contributed by atoms with Gasteiger partial charge in [-0.3, -0.25) is 0 Å². The highest BCUT2D eigenvalue weighted by Crippen LogP contribution is 2.28. The standard InChI is InChI=1S/C11H16BrNO3S/c1-13-10(7-17(3,14)15)8-4-5-11(16-2)9(12)6-8/h4-6,10,13H,7H2,1-3H3. The monoisotopic (exact) mass is 321 g/mol. The second-order valence-electron chi connectivity index (χ2n) is 3.83. The Morgan fingerprint density at radius 2 is 2.12 bits per heavy atom. The molecule has 17 heavy (non-hydrogen) atoms. The van der Waals surface area contributed by atoms with Gasteiger partial charge in [0.05, 0.1) is 17.3 Å². The molecule has 0 bridgehead atoms. The zero-order valence-electron chi connectivity index (χ0n) is 10.0. The van der Waals surface area contributed by atoms with Gasteiger partial charge in [0, 0.05) is 12.3 Å². The summed E-state index contributed by atoms with van der Waals surface area (Å²) in [6, 6.07) is 5.32. The summed E-state index contributed by atoms with van der Waals surface area (Å²) in [7, 11) is 0.312. The molecule has 0 heterocycles. The molecule has 0 fully saturated rings. The molecule has 96 valence electrons. The highest BCUT2D eigenvalue weighted by atomic mass is 79.9. The number of sulfone groups is 1. The van der Waals surface area contributed by atoms with Crippen molar-refractivity contribution >= 4 is 25.8 Å². The zero-order chi connectivity index (χ0) is 13.1. The van der Waals surface area contributed by atoms with Gasteiger partial charge in [0.25, 0.3) is 0 Å². The average molecular weight is 322 g/mol. The van der Waals surface area contributed by atoms with Crippen molar-refractivity contribution in [2.75, 3.05) is 26.2 Å². The molecule has 0 amide bonds. The van der Waals surface area contributed by atoms with Gasteiger partial charge in [-0.05, 0) is 40.7 Å². The Labute approximate surface area is 110 Å². The Bertz CT molecular complexity index is 487. The molecular formula is C11H16BrNO3S. The van der Waals surface area contributed by atoms with Gasteiger partial charge in [-0.2, -0.15) is 0 Å². The van der Waals surface area contributed by atoms with Gasteiger partial charge in [0.15, 0.2) is 0 Å². The number of ether oxygens (including phenoxy) is 1.